The maximum atomic E-state index is 11.0. The second-order valence-electron chi connectivity index (χ2n) is 4.08. The van der Waals surface area contributed by atoms with Crippen LogP contribution in [0.15, 0.2) is 42.5 Å². The Morgan fingerprint density at radius 1 is 1.11 bits per heavy atom. The van der Waals surface area contributed by atoms with Gasteiger partial charge in [-0.15, -0.1) is 0 Å². The molecule has 0 radical (unpaired) electrons. The first-order chi connectivity index (χ1) is 8.58. The molecule has 0 saturated heterocycles. The molecule has 0 aliphatic carbocycles. The van der Waals surface area contributed by atoms with Crippen LogP contribution in [-0.4, -0.2) is 5.97 Å². The Morgan fingerprint density at radius 3 is 2.39 bits per heavy atom. The van der Waals surface area contributed by atoms with Gasteiger partial charge in [-0.05, 0) is 18.6 Å². The molecule has 0 heterocycles. The molecule has 2 rings (SSSR count). The first-order valence-corrected chi connectivity index (χ1v) is 5.99. The van der Waals surface area contributed by atoms with Crippen LogP contribution in [0.25, 0.3) is 11.1 Å². The van der Waals surface area contributed by atoms with Crippen LogP contribution in [0, 0.1) is 6.92 Å². The number of halogens is 1. The smallest absolute Gasteiger partial charge is 0.308 e. The van der Waals surface area contributed by atoms with Crippen molar-refractivity contribution in [1.29, 1.82) is 0 Å². The molecule has 0 fully saturated rings. The number of aryl methyl sites for hydroxylation is 1. The first kappa shape index (κ1) is 12.7. The topological polar surface area (TPSA) is 26.3 Å². The molecule has 2 aromatic rings. The summed E-state index contributed by atoms with van der Waals surface area (Å²) in [6.07, 6.45) is 0. The van der Waals surface area contributed by atoms with Gasteiger partial charge in [0.1, 0.15) is 5.75 Å². The molecule has 0 unspecified atom stereocenters. The summed E-state index contributed by atoms with van der Waals surface area (Å²) in [6, 6.07) is 13.4. The monoisotopic (exact) mass is 260 g/mol. The summed E-state index contributed by atoms with van der Waals surface area (Å²) >= 11 is 6.25. The number of ether oxygens (including phenoxy) is 1. The van der Waals surface area contributed by atoms with Crippen molar-refractivity contribution < 1.29 is 9.53 Å². The third-order valence-electron chi connectivity index (χ3n) is 2.58. The Morgan fingerprint density at radius 2 is 1.78 bits per heavy atom. The minimum absolute atomic E-state index is 0.377. The second kappa shape index (κ2) is 5.23. The van der Waals surface area contributed by atoms with E-state index in [-0.39, 0.29) is 5.97 Å². The Hall–Kier alpha value is -1.80. The van der Waals surface area contributed by atoms with Crippen molar-refractivity contribution >= 4 is 17.6 Å². The summed E-state index contributed by atoms with van der Waals surface area (Å²) in [4.78, 5) is 11.0. The zero-order valence-electron chi connectivity index (χ0n) is 10.2. The molecule has 0 aliphatic heterocycles. The highest BCUT2D eigenvalue weighted by Gasteiger charge is 2.10. The van der Waals surface area contributed by atoms with E-state index in [4.69, 9.17) is 16.3 Å². The van der Waals surface area contributed by atoms with E-state index in [1.807, 2.05) is 43.3 Å². The lowest BCUT2D eigenvalue weighted by Crippen LogP contribution is -2.02. The van der Waals surface area contributed by atoms with E-state index in [1.54, 1.807) is 6.07 Å². The average molecular weight is 261 g/mol. The van der Waals surface area contributed by atoms with Crippen LogP contribution in [0.4, 0.5) is 0 Å². The van der Waals surface area contributed by atoms with Crippen molar-refractivity contribution in [3.63, 3.8) is 0 Å². The highest BCUT2D eigenvalue weighted by molar-refractivity contribution is 6.34. The number of rotatable bonds is 2. The van der Waals surface area contributed by atoms with Gasteiger partial charge in [0, 0.05) is 12.5 Å². The molecular formula is C15H13ClO2. The molecule has 18 heavy (non-hydrogen) atoms. The molecule has 2 nitrogen and oxygen atoms in total. The summed E-state index contributed by atoms with van der Waals surface area (Å²) in [5, 5.41) is 0.455. The van der Waals surface area contributed by atoms with Gasteiger partial charge in [-0.3, -0.25) is 4.79 Å². The van der Waals surface area contributed by atoms with Gasteiger partial charge in [0.2, 0.25) is 0 Å². The zero-order chi connectivity index (χ0) is 13.1. The van der Waals surface area contributed by atoms with Crippen LogP contribution in [0.1, 0.15) is 12.5 Å². The van der Waals surface area contributed by atoms with Gasteiger partial charge >= 0.3 is 5.97 Å². The van der Waals surface area contributed by atoms with Gasteiger partial charge in [-0.2, -0.15) is 0 Å². The quantitative estimate of drug-likeness (QED) is 0.596. The van der Waals surface area contributed by atoms with E-state index < -0.39 is 0 Å². The Labute approximate surface area is 111 Å². The summed E-state index contributed by atoms with van der Waals surface area (Å²) in [7, 11) is 0. The summed E-state index contributed by atoms with van der Waals surface area (Å²) < 4.78 is 5.06. The van der Waals surface area contributed by atoms with Crippen molar-refractivity contribution in [2.24, 2.45) is 0 Å². The number of carbonyl (C=O) groups excluding carboxylic acids is 1. The van der Waals surface area contributed by atoms with Crippen molar-refractivity contribution in [1.82, 2.24) is 0 Å². The third-order valence-corrected chi connectivity index (χ3v) is 2.97. The van der Waals surface area contributed by atoms with Crippen LogP contribution in [-0.2, 0) is 4.79 Å². The van der Waals surface area contributed by atoms with Gasteiger partial charge in [-0.25, -0.2) is 0 Å². The average Bonchev–Trinajstić information content (AvgIpc) is 2.33. The van der Waals surface area contributed by atoms with Crippen molar-refractivity contribution in [2.75, 3.05) is 0 Å². The Balaban J connectivity index is 2.45. The van der Waals surface area contributed by atoms with Crippen molar-refractivity contribution in [3.8, 4) is 16.9 Å². The van der Waals surface area contributed by atoms with Crippen molar-refractivity contribution in [2.45, 2.75) is 13.8 Å². The van der Waals surface area contributed by atoms with E-state index in [0.717, 1.165) is 11.1 Å². The highest BCUT2D eigenvalue weighted by atomic mass is 35.5. The Kier molecular flexibility index (Phi) is 3.68. The number of hydrogen-bond donors (Lipinski definition) is 0. The molecule has 0 spiro atoms. The van der Waals surface area contributed by atoms with Gasteiger partial charge in [0.15, 0.2) is 0 Å². The molecule has 92 valence electrons. The van der Waals surface area contributed by atoms with E-state index in [0.29, 0.717) is 10.8 Å². The van der Waals surface area contributed by atoms with Gasteiger partial charge < -0.3 is 4.74 Å². The molecular weight excluding hydrogens is 248 g/mol. The fourth-order valence-electron chi connectivity index (χ4n) is 1.70. The Bertz CT molecular complexity index is 574. The number of esters is 1. The summed E-state index contributed by atoms with van der Waals surface area (Å²) in [5.74, 6) is 0.0141. The number of hydrogen-bond acceptors (Lipinski definition) is 2. The van der Waals surface area contributed by atoms with Gasteiger partial charge in [0.05, 0.1) is 5.02 Å². The lowest BCUT2D eigenvalue weighted by atomic mass is 10.0. The van der Waals surface area contributed by atoms with Gasteiger partial charge in [-0.1, -0.05) is 53.6 Å². The molecule has 0 saturated carbocycles. The van der Waals surface area contributed by atoms with Crippen LogP contribution < -0.4 is 4.74 Å². The first-order valence-electron chi connectivity index (χ1n) is 5.62. The summed E-state index contributed by atoms with van der Waals surface area (Å²) in [6.45, 7) is 3.38. The lowest BCUT2D eigenvalue weighted by molar-refractivity contribution is -0.131. The van der Waals surface area contributed by atoms with E-state index in [9.17, 15) is 4.79 Å². The molecule has 0 N–H and O–H groups in total. The predicted octanol–water partition coefficient (Wildman–Crippen LogP) is 4.24. The van der Waals surface area contributed by atoms with Crippen LogP contribution in [0.3, 0.4) is 0 Å². The van der Waals surface area contributed by atoms with Crippen LogP contribution in [0.2, 0.25) is 5.02 Å². The normalized spacial score (nSPS) is 10.2. The zero-order valence-corrected chi connectivity index (χ0v) is 11.0. The number of carbonyl (C=O) groups is 1. The fraction of sp³-hybridized carbons (Fsp3) is 0.133. The largest absolute Gasteiger partial charge is 0.425 e. The molecule has 2 aromatic carbocycles. The summed E-state index contributed by atoms with van der Waals surface area (Å²) in [5.41, 5.74) is 3.04. The van der Waals surface area contributed by atoms with E-state index >= 15 is 0 Å². The molecule has 0 aromatic heterocycles. The standard InChI is InChI=1S/C15H13ClO2/c1-10-6-8-12(9-7-10)13-4-3-5-14(15(13)16)18-11(2)17/h3-9H,1-2H3. The van der Waals surface area contributed by atoms with Crippen molar-refractivity contribution in [3.05, 3.63) is 53.1 Å². The van der Waals surface area contributed by atoms with E-state index in [1.165, 1.54) is 12.5 Å². The maximum Gasteiger partial charge on any atom is 0.308 e. The molecule has 3 heteroatoms. The minimum atomic E-state index is -0.377. The molecule has 0 atom stereocenters. The lowest BCUT2D eigenvalue weighted by Gasteiger charge is -2.09. The third kappa shape index (κ3) is 2.71. The van der Waals surface area contributed by atoms with E-state index in [2.05, 4.69) is 0 Å². The van der Waals surface area contributed by atoms with Crippen LogP contribution >= 0.6 is 11.6 Å². The molecule has 0 bridgehead atoms. The fourth-order valence-corrected chi connectivity index (χ4v) is 1.97. The SMILES string of the molecule is CC(=O)Oc1cccc(-c2ccc(C)cc2)c1Cl. The van der Waals surface area contributed by atoms with Crippen LogP contribution in [0.5, 0.6) is 5.75 Å². The second-order valence-corrected chi connectivity index (χ2v) is 4.46. The predicted molar refractivity (Wildman–Crippen MR) is 72.9 cm³/mol. The highest BCUT2D eigenvalue weighted by Crippen LogP contribution is 2.35. The molecule has 0 amide bonds. The number of benzene rings is 2. The van der Waals surface area contributed by atoms with Gasteiger partial charge in [0.25, 0.3) is 0 Å². The maximum absolute atomic E-state index is 11.0. The molecule has 0 aliphatic rings. The minimum Gasteiger partial charge on any atom is -0.425 e.